The minimum atomic E-state index is 0. The van der Waals surface area contributed by atoms with E-state index in [0.717, 1.165) is 12.8 Å². The molecule has 2 aliphatic rings. The van der Waals surface area contributed by atoms with Crippen molar-refractivity contribution in [2.45, 2.75) is 40.5 Å². The molecule has 0 nitrogen and oxygen atoms in total. The molecule has 0 heterocycles. The van der Waals surface area contributed by atoms with E-state index in [1.807, 2.05) is 12.2 Å². The maximum absolute atomic E-state index is 3.12. The van der Waals surface area contributed by atoms with E-state index in [-0.39, 0.29) is 24.8 Å². The molecule has 0 saturated heterocycles. The first-order valence-electron chi connectivity index (χ1n) is 5.50. The van der Waals surface area contributed by atoms with Gasteiger partial charge in [-0.1, -0.05) is 6.92 Å². The van der Waals surface area contributed by atoms with E-state index in [9.17, 15) is 0 Å². The van der Waals surface area contributed by atoms with Crippen LogP contribution in [0.15, 0.2) is 35.5 Å². The Labute approximate surface area is 139 Å². The molecule has 0 unspecified atom stereocenters. The molecule has 2 aliphatic carbocycles. The van der Waals surface area contributed by atoms with Crippen molar-refractivity contribution in [1.29, 1.82) is 0 Å². The van der Waals surface area contributed by atoms with E-state index in [2.05, 4.69) is 52.0 Å². The average molecular weight is 452 g/mol. The van der Waals surface area contributed by atoms with Gasteiger partial charge in [-0.25, -0.2) is 23.8 Å². The van der Waals surface area contributed by atoms with Gasteiger partial charge >= 0.3 is 41.0 Å². The third kappa shape index (κ3) is 16.3. The standard InChI is InChI=1S/C7H9.C5H5.C3H6.2ClH.Hf/c1-6-4-3-5-7(6)2;1-2-4-5-3-1;1-3-2;;;/h4H,5H2,1-2H3;1-3H,4H2;1-2H3;2*1H;/q2*-1;;;;+2. The second kappa shape index (κ2) is 15.3. The smallest absolute Gasteiger partial charge is 0.109 e. The van der Waals surface area contributed by atoms with Gasteiger partial charge < -0.3 is 0 Å². The minimum Gasteiger partial charge on any atom is -0.273 e. The number of rotatable bonds is 0. The van der Waals surface area contributed by atoms with Crippen LogP contribution in [0.1, 0.15) is 40.5 Å². The molecule has 18 heavy (non-hydrogen) atoms. The third-order valence-corrected chi connectivity index (χ3v) is 1.94. The summed E-state index contributed by atoms with van der Waals surface area (Å²) in [7, 11) is 0. The first kappa shape index (κ1) is 23.4. The van der Waals surface area contributed by atoms with Crippen LogP contribution in [0.2, 0.25) is 0 Å². The van der Waals surface area contributed by atoms with Gasteiger partial charge in [0.2, 0.25) is 0 Å². The number of halogens is 2. The van der Waals surface area contributed by atoms with Gasteiger partial charge in [0, 0.05) is 0 Å². The summed E-state index contributed by atoms with van der Waals surface area (Å²) in [5, 5.41) is 0. The second-order valence-electron chi connectivity index (χ2n) is 3.99. The molecule has 100 valence electrons. The first-order chi connectivity index (χ1) is 7.54. The molecule has 0 N–H and O–H groups in total. The molecule has 0 atom stereocenters. The fourth-order valence-corrected chi connectivity index (χ4v) is 0.960. The van der Waals surface area contributed by atoms with E-state index >= 15 is 0 Å². The summed E-state index contributed by atoms with van der Waals surface area (Å²) in [6, 6.07) is 0. The molecule has 0 aromatic heterocycles. The van der Waals surface area contributed by atoms with Crippen molar-refractivity contribution in [3.8, 4) is 0 Å². The average Bonchev–Trinajstić information content (AvgIpc) is 2.81. The van der Waals surface area contributed by atoms with Gasteiger partial charge in [-0.3, -0.25) is 12.2 Å². The molecule has 0 saturated carbocycles. The maximum Gasteiger partial charge on any atom is -0.109 e. The molecule has 0 amide bonds. The predicted octanol–water partition coefficient (Wildman–Crippen LogP) is 4.98. The zero-order valence-corrected chi connectivity index (χ0v) is 16.8. The van der Waals surface area contributed by atoms with Gasteiger partial charge in [0.05, 0.1) is 0 Å². The molecule has 2 rings (SSSR count). The van der Waals surface area contributed by atoms with Crippen molar-refractivity contribution in [3.63, 3.8) is 0 Å². The molecule has 0 spiro atoms. The Morgan fingerprint density at radius 3 is 1.83 bits per heavy atom. The molecule has 0 bridgehead atoms. The van der Waals surface area contributed by atoms with Crippen LogP contribution in [-0.2, 0) is 23.9 Å². The van der Waals surface area contributed by atoms with Gasteiger partial charge in [-0.2, -0.15) is 11.6 Å². The van der Waals surface area contributed by atoms with E-state index in [1.54, 1.807) is 3.26 Å². The summed E-state index contributed by atoms with van der Waals surface area (Å²) in [5.74, 6) is 0. The summed E-state index contributed by atoms with van der Waals surface area (Å²) in [6.07, 6.45) is 16.2. The quantitative estimate of drug-likeness (QED) is 0.360. The Morgan fingerprint density at radius 1 is 1.17 bits per heavy atom. The topological polar surface area (TPSA) is 0 Å². The Balaban J connectivity index is -0.000000185. The van der Waals surface area contributed by atoms with Gasteiger partial charge in [-0.05, 0) is 0 Å². The van der Waals surface area contributed by atoms with Crippen LogP contribution in [-0.4, -0.2) is 3.26 Å². The fourth-order valence-electron chi connectivity index (χ4n) is 0.960. The first-order valence-corrected chi connectivity index (χ1v) is 7.30. The van der Waals surface area contributed by atoms with Crippen molar-refractivity contribution >= 4 is 28.1 Å². The molecular weight excluding hydrogens is 430 g/mol. The molecule has 0 fully saturated rings. The van der Waals surface area contributed by atoms with Crippen molar-refractivity contribution in [2.75, 3.05) is 0 Å². The van der Waals surface area contributed by atoms with Crippen molar-refractivity contribution in [3.05, 3.63) is 47.6 Å². The van der Waals surface area contributed by atoms with Gasteiger partial charge in [-0.15, -0.1) is 44.6 Å². The summed E-state index contributed by atoms with van der Waals surface area (Å²) < 4.78 is 1.56. The summed E-state index contributed by atoms with van der Waals surface area (Å²) >= 11 is 1.27. The van der Waals surface area contributed by atoms with E-state index in [1.165, 1.54) is 35.0 Å². The number of allylic oxidation sites excluding steroid dienone is 8. The Morgan fingerprint density at radius 2 is 1.72 bits per heavy atom. The van der Waals surface area contributed by atoms with Crippen LogP contribution in [0.25, 0.3) is 0 Å². The molecule has 3 heteroatoms. The summed E-state index contributed by atoms with van der Waals surface area (Å²) in [6.45, 7) is 8.56. The van der Waals surface area contributed by atoms with Crippen LogP contribution in [0.3, 0.4) is 0 Å². The SMILES string of the molecule is CC1=C(C)C[C-]=C1.C[C](C)=[Hf+2].Cl.Cl.[C-]1=CC=CC1. The Hall–Kier alpha value is 0.280. The van der Waals surface area contributed by atoms with Crippen LogP contribution in [0.4, 0.5) is 0 Å². The largest absolute Gasteiger partial charge is 0.273 e. The summed E-state index contributed by atoms with van der Waals surface area (Å²) in [4.78, 5) is 0. The summed E-state index contributed by atoms with van der Waals surface area (Å²) in [5.41, 5.74) is 2.85. The van der Waals surface area contributed by atoms with Crippen LogP contribution in [0.5, 0.6) is 0 Å². The monoisotopic (exact) mass is 452 g/mol. The van der Waals surface area contributed by atoms with Gasteiger partial charge in [0.25, 0.3) is 0 Å². The molecule has 0 radical (unpaired) electrons. The molecular formula is C15H22Cl2Hf. The second-order valence-corrected chi connectivity index (χ2v) is 7.58. The third-order valence-electron chi connectivity index (χ3n) is 1.94. The molecule has 0 aromatic carbocycles. The van der Waals surface area contributed by atoms with Gasteiger partial charge in [0.1, 0.15) is 0 Å². The normalized spacial score (nSPS) is 13.9. The molecule has 0 aromatic rings. The van der Waals surface area contributed by atoms with E-state index in [0.29, 0.717) is 0 Å². The Kier molecular flexibility index (Phi) is 19.9. The van der Waals surface area contributed by atoms with Crippen LogP contribution >= 0.6 is 24.8 Å². The van der Waals surface area contributed by atoms with Crippen LogP contribution < -0.4 is 0 Å². The van der Waals surface area contributed by atoms with Gasteiger partial charge in [0.15, 0.2) is 0 Å². The van der Waals surface area contributed by atoms with E-state index < -0.39 is 0 Å². The van der Waals surface area contributed by atoms with Crippen LogP contribution in [0, 0.1) is 12.2 Å². The minimum absolute atomic E-state index is 0. The van der Waals surface area contributed by atoms with Crippen molar-refractivity contribution in [2.24, 2.45) is 0 Å². The van der Waals surface area contributed by atoms with Crippen molar-refractivity contribution in [1.82, 2.24) is 0 Å². The van der Waals surface area contributed by atoms with E-state index in [4.69, 9.17) is 0 Å². The number of hydrogen-bond acceptors (Lipinski definition) is 0. The zero-order chi connectivity index (χ0) is 12.4. The maximum atomic E-state index is 3.12. The molecule has 0 aliphatic heterocycles. The zero-order valence-electron chi connectivity index (χ0n) is 11.5. The Bertz CT molecular complexity index is 322. The van der Waals surface area contributed by atoms with Crippen molar-refractivity contribution < 1.29 is 23.9 Å². The fraction of sp³-hybridized carbons (Fsp3) is 0.400. The number of hydrogen-bond donors (Lipinski definition) is 0. The predicted molar refractivity (Wildman–Crippen MR) is 83.2 cm³/mol.